The van der Waals surface area contributed by atoms with Crippen molar-refractivity contribution in [3.05, 3.63) is 42.0 Å². The molecule has 0 aromatic heterocycles. The number of ether oxygens (including phenoxy) is 3. The molecule has 0 bridgehead atoms. The van der Waals surface area contributed by atoms with Gasteiger partial charge in [0.05, 0.1) is 6.54 Å². The van der Waals surface area contributed by atoms with Crippen LogP contribution in [0.4, 0.5) is 11.4 Å². The maximum absolute atomic E-state index is 5.88. The van der Waals surface area contributed by atoms with Gasteiger partial charge in [-0.3, -0.25) is 0 Å². The molecule has 114 valence electrons. The highest BCUT2D eigenvalue weighted by Crippen LogP contribution is 2.35. The summed E-state index contributed by atoms with van der Waals surface area (Å²) in [6.07, 6.45) is 1.07. The van der Waals surface area contributed by atoms with Crippen LogP contribution in [0.3, 0.4) is 0 Å². The highest BCUT2D eigenvalue weighted by molar-refractivity contribution is 5.64. The maximum Gasteiger partial charge on any atom is 0.231 e. The number of nitrogens with zero attached hydrogens (tertiary/aromatic N) is 1. The van der Waals surface area contributed by atoms with E-state index in [1.54, 1.807) is 0 Å². The van der Waals surface area contributed by atoms with Gasteiger partial charge >= 0.3 is 0 Å². The van der Waals surface area contributed by atoms with E-state index < -0.39 is 0 Å². The monoisotopic (exact) mass is 298 g/mol. The number of nitrogen functional groups attached to an aromatic ring is 1. The fourth-order valence-corrected chi connectivity index (χ4v) is 2.94. The Kier molecular flexibility index (Phi) is 3.18. The molecule has 2 heterocycles. The molecule has 0 saturated heterocycles. The van der Waals surface area contributed by atoms with Crippen LogP contribution in [0.15, 0.2) is 36.4 Å². The van der Waals surface area contributed by atoms with Crippen molar-refractivity contribution < 1.29 is 14.2 Å². The van der Waals surface area contributed by atoms with E-state index in [-0.39, 0.29) is 6.79 Å². The average Bonchev–Trinajstić information content (AvgIpc) is 3.13. The lowest BCUT2D eigenvalue weighted by molar-refractivity contribution is 0.173. The van der Waals surface area contributed by atoms with Crippen LogP contribution < -0.4 is 24.8 Å². The van der Waals surface area contributed by atoms with Crippen molar-refractivity contribution in [1.29, 1.82) is 0 Å². The molecule has 0 fully saturated rings. The lowest BCUT2D eigenvalue weighted by Crippen LogP contribution is -2.26. The predicted molar refractivity (Wildman–Crippen MR) is 84.8 cm³/mol. The van der Waals surface area contributed by atoms with Gasteiger partial charge in [0.25, 0.3) is 0 Å². The van der Waals surface area contributed by atoms with Crippen molar-refractivity contribution in [2.45, 2.75) is 6.42 Å². The number of hydrogen-bond acceptors (Lipinski definition) is 5. The Morgan fingerprint density at radius 1 is 1.09 bits per heavy atom. The fourth-order valence-electron chi connectivity index (χ4n) is 2.94. The summed E-state index contributed by atoms with van der Waals surface area (Å²) in [5.41, 5.74) is 9.28. The number of rotatable bonds is 4. The van der Waals surface area contributed by atoms with Gasteiger partial charge in [-0.15, -0.1) is 0 Å². The molecule has 2 aromatic rings. The normalized spacial score (nSPS) is 15.0. The van der Waals surface area contributed by atoms with E-state index in [1.165, 1.54) is 11.3 Å². The van der Waals surface area contributed by atoms with Gasteiger partial charge in [0.2, 0.25) is 6.79 Å². The maximum atomic E-state index is 5.88. The van der Waals surface area contributed by atoms with Gasteiger partial charge in [0.15, 0.2) is 11.5 Å². The number of hydrogen-bond donors (Lipinski definition) is 1. The summed E-state index contributed by atoms with van der Waals surface area (Å²) in [7, 11) is 0. The third-order valence-corrected chi connectivity index (χ3v) is 4.08. The third kappa shape index (κ3) is 2.39. The first kappa shape index (κ1) is 13.1. The van der Waals surface area contributed by atoms with Crippen LogP contribution in [0.5, 0.6) is 17.2 Å². The topological polar surface area (TPSA) is 57.0 Å². The second-order valence-corrected chi connectivity index (χ2v) is 5.49. The Morgan fingerprint density at radius 3 is 2.95 bits per heavy atom. The van der Waals surface area contributed by atoms with Gasteiger partial charge in [-0.1, -0.05) is 6.07 Å². The predicted octanol–water partition coefficient (Wildman–Crippen LogP) is 2.44. The van der Waals surface area contributed by atoms with Crippen LogP contribution in [0.1, 0.15) is 5.56 Å². The molecule has 0 atom stereocenters. The summed E-state index contributed by atoms with van der Waals surface area (Å²) in [5, 5.41) is 0. The molecule has 2 aromatic carbocycles. The first-order chi connectivity index (χ1) is 10.8. The molecule has 2 aliphatic heterocycles. The van der Waals surface area contributed by atoms with E-state index in [2.05, 4.69) is 11.0 Å². The molecular formula is C17H18N2O3. The van der Waals surface area contributed by atoms with Crippen molar-refractivity contribution in [3.8, 4) is 17.2 Å². The van der Waals surface area contributed by atoms with E-state index in [0.29, 0.717) is 6.61 Å². The molecule has 0 amide bonds. The van der Waals surface area contributed by atoms with Crippen molar-refractivity contribution in [2.24, 2.45) is 0 Å². The third-order valence-electron chi connectivity index (χ3n) is 4.08. The summed E-state index contributed by atoms with van der Waals surface area (Å²) in [5.74, 6) is 2.32. The standard InChI is InChI=1S/C17H18N2O3/c18-13-2-1-12-5-6-19(15(12)9-13)7-8-20-14-3-4-16-17(10-14)22-11-21-16/h1-4,9-10H,5-8,11,18H2. The van der Waals surface area contributed by atoms with Gasteiger partial charge in [0.1, 0.15) is 12.4 Å². The van der Waals surface area contributed by atoms with E-state index in [4.69, 9.17) is 19.9 Å². The second kappa shape index (κ2) is 5.33. The minimum Gasteiger partial charge on any atom is -0.492 e. The molecule has 2 aliphatic rings. The Morgan fingerprint density at radius 2 is 2.00 bits per heavy atom. The summed E-state index contributed by atoms with van der Waals surface area (Å²) in [6.45, 7) is 2.76. The van der Waals surface area contributed by atoms with Crippen LogP contribution in [-0.2, 0) is 6.42 Å². The molecule has 4 rings (SSSR count). The fraction of sp³-hybridized carbons (Fsp3) is 0.294. The van der Waals surface area contributed by atoms with Crippen LogP contribution in [0.25, 0.3) is 0 Å². The van der Waals surface area contributed by atoms with Crippen LogP contribution in [0, 0.1) is 0 Å². The van der Waals surface area contributed by atoms with E-state index in [9.17, 15) is 0 Å². The molecule has 0 radical (unpaired) electrons. The van der Waals surface area contributed by atoms with Crippen LogP contribution in [0.2, 0.25) is 0 Å². The summed E-state index contributed by atoms with van der Waals surface area (Å²) < 4.78 is 16.5. The zero-order chi connectivity index (χ0) is 14.9. The van der Waals surface area contributed by atoms with Crippen molar-refractivity contribution >= 4 is 11.4 Å². The Bertz CT molecular complexity index is 702. The van der Waals surface area contributed by atoms with Crippen molar-refractivity contribution in [2.75, 3.05) is 37.1 Å². The minimum absolute atomic E-state index is 0.283. The minimum atomic E-state index is 0.283. The quantitative estimate of drug-likeness (QED) is 0.879. The number of benzene rings is 2. The van der Waals surface area contributed by atoms with Crippen molar-refractivity contribution in [1.82, 2.24) is 0 Å². The number of anilines is 2. The van der Waals surface area contributed by atoms with Gasteiger partial charge in [-0.2, -0.15) is 0 Å². The van der Waals surface area contributed by atoms with E-state index in [0.717, 1.165) is 42.4 Å². The summed E-state index contributed by atoms with van der Waals surface area (Å²) >= 11 is 0. The SMILES string of the molecule is Nc1ccc2c(c1)N(CCOc1ccc3c(c1)OCO3)CC2. The highest BCUT2D eigenvalue weighted by Gasteiger charge is 2.19. The smallest absolute Gasteiger partial charge is 0.231 e. The van der Waals surface area contributed by atoms with E-state index in [1.807, 2.05) is 30.3 Å². The molecule has 0 spiro atoms. The first-order valence-electron chi connectivity index (χ1n) is 7.45. The van der Waals surface area contributed by atoms with Crippen LogP contribution in [-0.4, -0.2) is 26.5 Å². The van der Waals surface area contributed by atoms with E-state index >= 15 is 0 Å². The second-order valence-electron chi connectivity index (χ2n) is 5.49. The Labute approximate surface area is 129 Å². The zero-order valence-corrected chi connectivity index (χ0v) is 12.2. The van der Waals surface area contributed by atoms with Gasteiger partial charge < -0.3 is 24.8 Å². The Hall–Kier alpha value is -2.56. The largest absolute Gasteiger partial charge is 0.492 e. The zero-order valence-electron chi connectivity index (χ0n) is 12.2. The molecule has 0 saturated carbocycles. The summed E-state index contributed by atoms with van der Waals surface area (Å²) in [4.78, 5) is 2.32. The highest BCUT2D eigenvalue weighted by atomic mass is 16.7. The molecule has 5 heteroatoms. The summed E-state index contributed by atoms with van der Waals surface area (Å²) in [6, 6.07) is 11.8. The molecule has 5 nitrogen and oxygen atoms in total. The molecule has 22 heavy (non-hydrogen) atoms. The molecular weight excluding hydrogens is 280 g/mol. The Balaban J connectivity index is 1.37. The first-order valence-corrected chi connectivity index (χ1v) is 7.45. The van der Waals surface area contributed by atoms with Gasteiger partial charge in [-0.25, -0.2) is 0 Å². The van der Waals surface area contributed by atoms with Gasteiger partial charge in [-0.05, 0) is 36.2 Å². The molecule has 0 aliphatic carbocycles. The van der Waals surface area contributed by atoms with Gasteiger partial charge in [0, 0.05) is 24.0 Å². The molecule has 2 N–H and O–H groups in total. The number of nitrogens with two attached hydrogens (primary N) is 1. The lowest BCUT2D eigenvalue weighted by Gasteiger charge is -2.20. The lowest BCUT2D eigenvalue weighted by atomic mass is 10.1. The van der Waals surface area contributed by atoms with Crippen molar-refractivity contribution in [3.63, 3.8) is 0 Å². The number of fused-ring (bicyclic) bond motifs is 2. The molecule has 0 unspecified atom stereocenters. The van der Waals surface area contributed by atoms with Crippen LogP contribution >= 0.6 is 0 Å². The average molecular weight is 298 g/mol.